The summed E-state index contributed by atoms with van der Waals surface area (Å²) in [5.41, 5.74) is 2.50. The van der Waals surface area contributed by atoms with Crippen LogP contribution in [0.5, 0.6) is 5.75 Å². The van der Waals surface area contributed by atoms with Crippen LogP contribution in [0.3, 0.4) is 0 Å². The molecule has 2 aliphatic rings. The minimum absolute atomic E-state index is 0.231. The molecular weight excluding hydrogens is 342 g/mol. The molecule has 27 heavy (non-hydrogen) atoms. The maximum absolute atomic E-state index is 12.3. The van der Waals surface area contributed by atoms with Gasteiger partial charge in [0.1, 0.15) is 5.75 Å². The van der Waals surface area contributed by atoms with Crippen LogP contribution in [0.15, 0.2) is 42.5 Å². The van der Waals surface area contributed by atoms with Gasteiger partial charge in [0.05, 0.1) is 0 Å². The minimum Gasteiger partial charge on any atom is -0.435 e. The number of halogens is 2. The van der Waals surface area contributed by atoms with Gasteiger partial charge in [0, 0.05) is 0 Å². The number of rotatable bonds is 7. The molecule has 0 saturated heterocycles. The Kier molecular flexibility index (Phi) is 7.49. The van der Waals surface area contributed by atoms with Crippen LogP contribution >= 0.6 is 0 Å². The molecule has 1 nitrogen and oxygen atoms in total. The second kappa shape index (κ2) is 10.1. The summed E-state index contributed by atoms with van der Waals surface area (Å²) in [6.07, 6.45) is 18.6. The Balaban J connectivity index is 1.47. The number of alkyl halides is 2. The third-order valence-electron chi connectivity index (χ3n) is 6.44. The van der Waals surface area contributed by atoms with Gasteiger partial charge in [-0.1, -0.05) is 43.2 Å². The predicted octanol–water partition coefficient (Wildman–Crippen LogP) is 7.63. The highest BCUT2D eigenvalue weighted by molar-refractivity contribution is 5.66. The third kappa shape index (κ3) is 5.92. The Bertz CT molecular complexity index is 624. The quantitative estimate of drug-likeness (QED) is 0.446. The van der Waals surface area contributed by atoms with Crippen LogP contribution in [0.25, 0.3) is 5.57 Å². The summed E-state index contributed by atoms with van der Waals surface area (Å²) in [7, 11) is 0. The molecule has 0 N–H and O–H groups in total. The first-order chi connectivity index (χ1) is 13.2. The standard InChI is InChI=1S/C24H32F2O/c1-2-3-4-5-18-6-8-19(9-7-18)20-10-12-21(13-11-20)22-14-16-23(17-15-22)27-24(25)26/h2-3,12,14-20,24H,4-11,13H2,1H3/b3-2+. The van der Waals surface area contributed by atoms with Crippen LogP contribution < -0.4 is 4.74 Å². The summed E-state index contributed by atoms with van der Waals surface area (Å²) < 4.78 is 29.0. The van der Waals surface area contributed by atoms with Gasteiger partial charge in [0.2, 0.25) is 0 Å². The third-order valence-corrected chi connectivity index (χ3v) is 6.44. The molecule has 1 saturated carbocycles. The molecule has 3 heteroatoms. The first-order valence-corrected chi connectivity index (χ1v) is 10.5. The largest absolute Gasteiger partial charge is 0.435 e. The number of benzene rings is 1. The van der Waals surface area contributed by atoms with Crippen molar-refractivity contribution in [3.05, 3.63) is 48.1 Å². The van der Waals surface area contributed by atoms with Crippen molar-refractivity contribution in [1.82, 2.24) is 0 Å². The average molecular weight is 375 g/mol. The van der Waals surface area contributed by atoms with Crippen molar-refractivity contribution in [2.45, 2.75) is 71.3 Å². The molecule has 1 atom stereocenters. The van der Waals surface area contributed by atoms with E-state index in [1.807, 2.05) is 12.1 Å². The number of ether oxygens (including phenoxy) is 1. The zero-order valence-electron chi connectivity index (χ0n) is 16.4. The summed E-state index contributed by atoms with van der Waals surface area (Å²) in [5.74, 6) is 2.88. The van der Waals surface area contributed by atoms with E-state index in [1.54, 1.807) is 12.1 Å². The Hall–Kier alpha value is -1.64. The smallest absolute Gasteiger partial charge is 0.387 e. The molecule has 1 fully saturated rings. The van der Waals surface area contributed by atoms with Crippen molar-refractivity contribution in [2.75, 3.05) is 0 Å². The normalized spacial score (nSPS) is 26.4. The van der Waals surface area contributed by atoms with Crippen LogP contribution in [0, 0.1) is 17.8 Å². The van der Waals surface area contributed by atoms with Crippen molar-refractivity contribution in [3.63, 3.8) is 0 Å². The van der Waals surface area contributed by atoms with Crippen LogP contribution in [-0.4, -0.2) is 6.61 Å². The lowest BCUT2D eigenvalue weighted by Crippen LogP contribution is -2.23. The number of allylic oxidation sites excluding steroid dienone is 4. The van der Waals surface area contributed by atoms with E-state index in [-0.39, 0.29) is 5.75 Å². The SMILES string of the molecule is C/C=C/CCC1CCC(C2CC=C(c3ccc(OC(F)F)cc3)CC2)CC1. The van der Waals surface area contributed by atoms with E-state index in [0.717, 1.165) is 29.7 Å². The van der Waals surface area contributed by atoms with E-state index in [9.17, 15) is 8.78 Å². The molecule has 0 radical (unpaired) electrons. The van der Waals surface area contributed by atoms with Gasteiger partial charge in [-0.15, -0.1) is 0 Å². The monoisotopic (exact) mass is 374 g/mol. The fraction of sp³-hybridized carbons (Fsp3) is 0.583. The first kappa shape index (κ1) is 20.1. The van der Waals surface area contributed by atoms with Crippen LogP contribution in [0.4, 0.5) is 8.78 Å². The fourth-order valence-electron chi connectivity index (χ4n) is 4.84. The van der Waals surface area contributed by atoms with Crippen molar-refractivity contribution < 1.29 is 13.5 Å². The number of hydrogen-bond donors (Lipinski definition) is 0. The van der Waals surface area contributed by atoms with Crippen LogP contribution in [0.1, 0.15) is 70.3 Å². The summed E-state index contributed by atoms with van der Waals surface area (Å²) in [6.45, 7) is -0.656. The molecule has 0 aromatic heterocycles. The van der Waals surface area contributed by atoms with Crippen molar-refractivity contribution >= 4 is 5.57 Å². The van der Waals surface area contributed by atoms with Gasteiger partial charge in [-0.05, 0) is 92.9 Å². The second-order valence-electron chi connectivity index (χ2n) is 8.09. The van der Waals surface area contributed by atoms with Crippen molar-refractivity contribution in [2.24, 2.45) is 17.8 Å². The van der Waals surface area contributed by atoms with E-state index in [0.29, 0.717) is 0 Å². The molecular formula is C24H32F2O. The highest BCUT2D eigenvalue weighted by Crippen LogP contribution is 2.42. The molecule has 0 spiro atoms. The summed E-state index contributed by atoms with van der Waals surface area (Å²) in [6, 6.07) is 7.09. The fourth-order valence-corrected chi connectivity index (χ4v) is 4.84. The molecule has 1 aromatic rings. The average Bonchev–Trinajstić information content (AvgIpc) is 2.69. The topological polar surface area (TPSA) is 9.23 Å². The zero-order chi connectivity index (χ0) is 19.1. The second-order valence-corrected chi connectivity index (χ2v) is 8.09. The molecule has 1 aromatic carbocycles. The van der Waals surface area contributed by atoms with Crippen molar-refractivity contribution in [1.29, 1.82) is 0 Å². The van der Waals surface area contributed by atoms with Gasteiger partial charge in [0.25, 0.3) is 0 Å². The van der Waals surface area contributed by atoms with E-state index in [1.165, 1.54) is 56.9 Å². The van der Waals surface area contributed by atoms with Crippen molar-refractivity contribution in [3.8, 4) is 5.75 Å². The maximum atomic E-state index is 12.3. The molecule has 0 aliphatic heterocycles. The number of hydrogen-bond acceptors (Lipinski definition) is 1. The van der Waals surface area contributed by atoms with E-state index in [4.69, 9.17) is 0 Å². The lowest BCUT2D eigenvalue weighted by molar-refractivity contribution is -0.0498. The van der Waals surface area contributed by atoms with Gasteiger partial charge in [-0.2, -0.15) is 8.78 Å². The van der Waals surface area contributed by atoms with Gasteiger partial charge in [-0.25, -0.2) is 0 Å². The molecule has 0 heterocycles. The molecule has 0 bridgehead atoms. The van der Waals surface area contributed by atoms with Crippen LogP contribution in [-0.2, 0) is 0 Å². The lowest BCUT2D eigenvalue weighted by atomic mass is 9.70. The Morgan fingerprint density at radius 3 is 2.37 bits per heavy atom. The Morgan fingerprint density at radius 1 is 1.04 bits per heavy atom. The van der Waals surface area contributed by atoms with Gasteiger partial charge in [0.15, 0.2) is 0 Å². The highest BCUT2D eigenvalue weighted by Gasteiger charge is 2.28. The molecule has 148 valence electrons. The summed E-state index contributed by atoms with van der Waals surface area (Å²) >= 11 is 0. The van der Waals surface area contributed by atoms with E-state index in [2.05, 4.69) is 29.9 Å². The molecule has 3 rings (SSSR count). The van der Waals surface area contributed by atoms with Crippen LogP contribution in [0.2, 0.25) is 0 Å². The van der Waals surface area contributed by atoms with Gasteiger partial charge >= 0.3 is 6.61 Å². The van der Waals surface area contributed by atoms with E-state index >= 15 is 0 Å². The first-order valence-electron chi connectivity index (χ1n) is 10.5. The van der Waals surface area contributed by atoms with Gasteiger partial charge < -0.3 is 4.74 Å². The Morgan fingerprint density at radius 2 is 1.78 bits per heavy atom. The predicted molar refractivity (Wildman–Crippen MR) is 108 cm³/mol. The Labute approximate surface area is 162 Å². The lowest BCUT2D eigenvalue weighted by Gasteiger charge is -2.35. The highest BCUT2D eigenvalue weighted by atomic mass is 19.3. The zero-order valence-corrected chi connectivity index (χ0v) is 16.4. The molecule has 1 unspecified atom stereocenters. The molecule has 0 amide bonds. The summed E-state index contributed by atoms with van der Waals surface area (Å²) in [5, 5.41) is 0. The van der Waals surface area contributed by atoms with E-state index < -0.39 is 6.61 Å². The van der Waals surface area contributed by atoms with Gasteiger partial charge in [-0.3, -0.25) is 0 Å². The molecule has 2 aliphatic carbocycles. The minimum atomic E-state index is -2.76. The summed E-state index contributed by atoms with van der Waals surface area (Å²) in [4.78, 5) is 0. The maximum Gasteiger partial charge on any atom is 0.387 e.